The number of H-pyrrole nitrogens is 4. The van der Waals surface area contributed by atoms with E-state index in [2.05, 4.69) is 105 Å². The average Bonchev–Trinajstić information content (AvgIpc) is 3.53. The summed E-state index contributed by atoms with van der Waals surface area (Å²) in [6, 6.07) is 20.9. The van der Waals surface area contributed by atoms with E-state index in [-0.39, 0.29) is 0 Å². The molecule has 6 rings (SSSR count). The molecular weight excluding hydrogens is 382 g/mol. The van der Waals surface area contributed by atoms with Crippen molar-refractivity contribution in [1.29, 1.82) is 0 Å². The smallest absolute Gasteiger partial charge is 0.0746 e. The quantitative estimate of drug-likeness (QED) is 0.332. The first-order chi connectivity index (χ1) is 15.2. The molecular formula is C26H21N5. The van der Waals surface area contributed by atoms with Crippen LogP contribution in [0.2, 0.25) is 0 Å². The molecule has 4 N–H and O–H groups in total. The van der Waals surface area contributed by atoms with Gasteiger partial charge in [0.2, 0.25) is 0 Å². The van der Waals surface area contributed by atoms with Gasteiger partial charge in [0.25, 0.3) is 0 Å². The minimum Gasteiger partial charge on any atom is -0.355 e. The largest absolute Gasteiger partial charge is 0.355 e. The molecule has 0 radical (unpaired) electrons. The predicted molar refractivity (Wildman–Crippen MR) is 123 cm³/mol. The van der Waals surface area contributed by atoms with E-state index in [9.17, 15) is 0 Å². The topological polar surface area (TPSA) is 76.0 Å². The van der Waals surface area contributed by atoms with Gasteiger partial charge < -0.3 is 19.9 Å². The molecule has 31 heavy (non-hydrogen) atoms. The molecule has 0 unspecified atom stereocenters. The van der Waals surface area contributed by atoms with Crippen LogP contribution in [-0.4, -0.2) is 24.9 Å². The Morgan fingerprint density at radius 1 is 0.613 bits per heavy atom. The van der Waals surface area contributed by atoms with Crippen LogP contribution in [0.4, 0.5) is 0 Å². The summed E-state index contributed by atoms with van der Waals surface area (Å²) in [6.45, 7) is 2.09. The highest BCUT2D eigenvalue weighted by molar-refractivity contribution is 5.76. The van der Waals surface area contributed by atoms with Crippen LogP contribution in [0, 0.1) is 6.92 Å². The molecule has 0 spiro atoms. The van der Waals surface area contributed by atoms with Gasteiger partial charge in [0.1, 0.15) is 0 Å². The summed E-state index contributed by atoms with van der Waals surface area (Å²) in [5.74, 6) is 0. The molecule has 0 saturated carbocycles. The zero-order valence-electron chi connectivity index (χ0n) is 17.0. The zero-order chi connectivity index (χ0) is 20.8. The van der Waals surface area contributed by atoms with Crippen molar-refractivity contribution in [2.75, 3.05) is 0 Å². The molecule has 1 aliphatic rings. The molecule has 0 fully saturated rings. The van der Waals surface area contributed by atoms with Gasteiger partial charge in [0.05, 0.1) is 16.7 Å². The van der Waals surface area contributed by atoms with Gasteiger partial charge >= 0.3 is 0 Å². The summed E-state index contributed by atoms with van der Waals surface area (Å²) < 4.78 is 0. The fraction of sp³-hybridized carbons (Fsp3) is 0.0385. The van der Waals surface area contributed by atoms with Gasteiger partial charge in [0, 0.05) is 44.9 Å². The number of nitrogens with zero attached hydrogens (tertiary/aromatic N) is 1. The van der Waals surface area contributed by atoms with Crippen LogP contribution < -0.4 is 21.4 Å². The number of rotatable bonds is 1. The van der Waals surface area contributed by atoms with Gasteiger partial charge in [0.15, 0.2) is 0 Å². The lowest BCUT2D eigenvalue weighted by atomic mass is 10.1. The van der Waals surface area contributed by atoms with Crippen LogP contribution >= 0.6 is 0 Å². The van der Waals surface area contributed by atoms with Gasteiger partial charge in [-0.25, -0.2) is 0 Å². The van der Waals surface area contributed by atoms with Crippen LogP contribution in [-0.2, 0) is 0 Å². The Kier molecular flexibility index (Phi) is 3.93. The summed E-state index contributed by atoms with van der Waals surface area (Å²) in [5.41, 5.74) is 7.30. The van der Waals surface area contributed by atoms with Crippen LogP contribution in [0.1, 0.15) is 34.0 Å². The first kappa shape index (κ1) is 17.6. The van der Waals surface area contributed by atoms with Crippen LogP contribution in [0.5, 0.6) is 0 Å². The highest BCUT2D eigenvalue weighted by Crippen LogP contribution is 2.19. The molecule has 5 aromatic rings. The van der Waals surface area contributed by atoms with E-state index in [1.54, 1.807) is 0 Å². The molecule has 5 aromatic heterocycles. The lowest BCUT2D eigenvalue weighted by molar-refractivity contribution is 1.18. The lowest BCUT2D eigenvalue weighted by Gasteiger charge is -2.06. The Bertz CT molecular complexity index is 1650. The summed E-state index contributed by atoms with van der Waals surface area (Å²) >= 11 is 0. The normalized spacial score (nSPS) is 12.7. The SMILES string of the molecule is Cc1ccnc(C2=c3ccc([nH]3)=Cc3ccc([nH]3)C=c3ccc([nH]3)=Cc3ccc2[nH]3)c1. The molecule has 0 aliphatic carbocycles. The third-order valence-electron chi connectivity index (χ3n) is 5.52. The van der Waals surface area contributed by atoms with E-state index in [1.807, 2.05) is 12.3 Å². The molecule has 0 atom stereocenters. The summed E-state index contributed by atoms with van der Waals surface area (Å²) in [6.07, 6.45) is 8.19. The Morgan fingerprint density at radius 3 is 2.00 bits per heavy atom. The number of pyridine rings is 1. The number of hydrogen-bond donors (Lipinski definition) is 4. The maximum Gasteiger partial charge on any atom is 0.0746 e. The minimum absolute atomic E-state index is 0.932. The van der Waals surface area contributed by atoms with Crippen LogP contribution in [0.15, 0.2) is 66.9 Å². The Balaban J connectivity index is 1.68. The highest BCUT2D eigenvalue weighted by atomic mass is 14.8. The van der Waals surface area contributed by atoms with Crippen LogP contribution in [0.25, 0.3) is 23.8 Å². The number of nitrogens with one attached hydrogen (secondary N) is 4. The van der Waals surface area contributed by atoms with Gasteiger partial charge in [-0.15, -0.1) is 0 Å². The van der Waals surface area contributed by atoms with Gasteiger partial charge in [-0.05, 0) is 91.4 Å². The minimum atomic E-state index is 0.932. The second-order valence-electron chi connectivity index (χ2n) is 7.92. The fourth-order valence-electron chi connectivity index (χ4n) is 4.08. The van der Waals surface area contributed by atoms with E-state index in [0.29, 0.717) is 0 Å². The molecule has 0 aromatic carbocycles. The predicted octanol–water partition coefficient (Wildman–Crippen LogP) is 1.75. The maximum atomic E-state index is 4.67. The molecule has 8 bridgehead atoms. The Labute approximate surface area is 178 Å². The number of aromatic amines is 4. The van der Waals surface area contributed by atoms with Crippen molar-refractivity contribution in [3.63, 3.8) is 0 Å². The summed E-state index contributed by atoms with van der Waals surface area (Å²) in [4.78, 5) is 18.7. The molecule has 150 valence electrons. The number of fused-ring (bicyclic) bond motifs is 8. The van der Waals surface area contributed by atoms with Crippen molar-refractivity contribution in [1.82, 2.24) is 24.9 Å². The summed E-state index contributed by atoms with van der Waals surface area (Å²) in [7, 11) is 0. The molecule has 1 aliphatic heterocycles. The van der Waals surface area contributed by atoms with Crippen molar-refractivity contribution in [2.24, 2.45) is 0 Å². The molecule has 5 heteroatoms. The number of aryl methyl sites for hydroxylation is 1. The first-order valence-corrected chi connectivity index (χ1v) is 10.3. The maximum absolute atomic E-state index is 4.67. The first-order valence-electron chi connectivity index (χ1n) is 10.3. The van der Waals surface area contributed by atoms with E-state index in [1.165, 1.54) is 5.56 Å². The van der Waals surface area contributed by atoms with E-state index >= 15 is 0 Å². The van der Waals surface area contributed by atoms with Gasteiger partial charge in [-0.2, -0.15) is 0 Å². The summed E-state index contributed by atoms with van der Waals surface area (Å²) in [5, 5.41) is 4.14. The highest BCUT2D eigenvalue weighted by Gasteiger charge is 2.11. The van der Waals surface area contributed by atoms with Crippen molar-refractivity contribution in [3.8, 4) is 0 Å². The second kappa shape index (κ2) is 6.92. The van der Waals surface area contributed by atoms with Gasteiger partial charge in [-0.1, -0.05) is 0 Å². The number of hydrogen-bond acceptors (Lipinski definition) is 1. The Hall–Kier alpha value is -4.25. The fourth-order valence-corrected chi connectivity index (χ4v) is 4.08. The second-order valence-corrected chi connectivity index (χ2v) is 7.92. The third kappa shape index (κ3) is 3.36. The van der Waals surface area contributed by atoms with Crippen molar-refractivity contribution in [2.45, 2.75) is 6.92 Å². The molecule has 6 heterocycles. The standard InChI is InChI=1S/C26H21N5/c1-16-10-11-27-25(12-16)26-23-8-6-21(30-23)14-19-4-2-17(28-19)13-18-3-5-20(29-18)15-22-7-9-24(26)31-22/h2-15,28-31H,1H3. The van der Waals surface area contributed by atoms with Crippen molar-refractivity contribution >= 4 is 23.8 Å². The zero-order valence-corrected chi connectivity index (χ0v) is 17.0. The molecule has 0 amide bonds. The lowest BCUT2D eigenvalue weighted by Crippen LogP contribution is -2.15. The van der Waals surface area contributed by atoms with E-state index < -0.39 is 0 Å². The third-order valence-corrected chi connectivity index (χ3v) is 5.52. The van der Waals surface area contributed by atoms with Crippen molar-refractivity contribution < 1.29 is 0 Å². The van der Waals surface area contributed by atoms with Crippen molar-refractivity contribution in [3.05, 3.63) is 122 Å². The van der Waals surface area contributed by atoms with Crippen LogP contribution in [0.3, 0.4) is 0 Å². The molecule has 5 nitrogen and oxygen atoms in total. The number of aromatic nitrogens is 5. The monoisotopic (exact) mass is 403 g/mol. The Morgan fingerprint density at radius 2 is 1.26 bits per heavy atom. The average molecular weight is 403 g/mol. The molecule has 0 saturated heterocycles. The van der Waals surface area contributed by atoms with E-state index in [0.717, 1.165) is 55.4 Å². The van der Waals surface area contributed by atoms with Gasteiger partial charge in [-0.3, -0.25) is 4.98 Å². The van der Waals surface area contributed by atoms with E-state index in [4.69, 9.17) is 0 Å².